The van der Waals surface area contributed by atoms with Crippen LogP contribution in [0.1, 0.15) is 13.0 Å². The lowest BCUT2D eigenvalue weighted by molar-refractivity contribution is 0.270. The fraction of sp³-hybridized carbons (Fsp3) is 0.714. The van der Waals surface area contributed by atoms with Crippen molar-refractivity contribution in [3.63, 3.8) is 0 Å². The molecule has 1 aromatic heterocycles. The van der Waals surface area contributed by atoms with Gasteiger partial charge in [-0.2, -0.15) is 11.8 Å². The first-order valence-electron chi connectivity index (χ1n) is 3.77. The van der Waals surface area contributed by atoms with Crippen molar-refractivity contribution < 1.29 is 5.11 Å². The zero-order valence-corrected chi connectivity index (χ0v) is 8.03. The Morgan fingerprint density at radius 3 is 2.50 bits per heavy atom. The molecular formula is C7H13N3OS. The highest BCUT2D eigenvalue weighted by Crippen LogP contribution is 2.20. The normalized spacial score (nSPS) is 15.9. The molecule has 0 saturated heterocycles. The van der Waals surface area contributed by atoms with E-state index in [0.29, 0.717) is 0 Å². The molecule has 5 heteroatoms. The molecule has 1 N–H and O–H groups in total. The molecule has 2 unspecified atom stereocenters. The van der Waals surface area contributed by atoms with Gasteiger partial charge in [0, 0.05) is 11.3 Å². The molecule has 4 nitrogen and oxygen atoms in total. The Morgan fingerprint density at radius 1 is 1.50 bits per heavy atom. The third-order valence-corrected chi connectivity index (χ3v) is 3.08. The minimum atomic E-state index is 0.181. The number of aliphatic hydroxyl groups excluding tert-OH is 1. The van der Waals surface area contributed by atoms with E-state index in [-0.39, 0.29) is 17.9 Å². The molecule has 68 valence electrons. The number of rotatable bonds is 4. The highest BCUT2D eigenvalue weighted by Gasteiger charge is 2.16. The summed E-state index contributed by atoms with van der Waals surface area (Å²) in [5, 5.41) is 16.7. The van der Waals surface area contributed by atoms with Crippen LogP contribution >= 0.6 is 11.8 Å². The number of nitrogens with zero attached hydrogens (tertiary/aromatic N) is 3. The molecule has 0 aromatic carbocycles. The molecule has 0 radical (unpaired) electrons. The van der Waals surface area contributed by atoms with Gasteiger partial charge in [-0.05, 0) is 13.2 Å². The lowest BCUT2D eigenvalue weighted by Gasteiger charge is -2.20. The third-order valence-electron chi connectivity index (χ3n) is 1.93. The van der Waals surface area contributed by atoms with Crippen molar-refractivity contribution in [1.29, 1.82) is 0 Å². The van der Waals surface area contributed by atoms with Crippen molar-refractivity contribution >= 4 is 11.8 Å². The van der Waals surface area contributed by atoms with Crippen LogP contribution in [0.2, 0.25) is 0 Å². The van der Waals surface area contributed by atoms with Gasteiger partial charge in [0.25, 0.3) is 0 Å². The van der Waals surface area contributed by atoms with Crippen molar-refractivity contribution in [2.24, 2.45) is 0 Å². The molecule has 1 heterocycles. The van der Waals surface area contributed by atoms with Crippen molar-refractivity contribution in [2.45, 2.75) is 18.2 Å². The molecule has 0 spiro atoms. The molecule has 0 aliphatic heterocycles. The molecule has 0 fully saturated rings. The van der Waals surface area contributed by atoms with Crippen molar-refractivity contribution in [2.75, 3.05) is 12.9 Å². The number of hydrogen-bond acceptors (Lipinski definition) is 4. The highest BCUT2D eigenvalue weighted by molar-refractivity contribution is 7.99. The summed E-state index contributed by atoms with van der Waals surface area (Å²) in [6.07, 6.45) is 5.33. The van der Waals surface area contributed by atoms with E-state index in [1.165, 1.54) is 0 Å². The van der Waals surface area contributed by atoms with Crippen LogP contribution in [0.25, 0.3) is 0 Å². The molecule has 0 aliphatic rings. The molecule has 1 aromatic rings. The second-order valence-electron chi connectivity index (χ2n) is 2.61. The third kappa shape index (κ3) is 1.98. The van der Waals surface area contributed by atoms with E-state index in [0.717, 1.165) is 0 Å². The lowest BCUT2D eigenvalue weighted by Crippen LogP contribution is -2.21. The van der Waals surface area contributed by atoms with E-state index in [1.54, 1.807) is 24.4 Å². The second-order valence-corrected chi connectivity index (χ2v) is 3.68. The number of aliphatic hydroxyl groups is 1. The Labute approximate surface area is 76.0 Å². The maximum absolute atomic E-state index is 9.02. The van der Waals surface area contributed by atoms with Gasteiger partial charge in [-0.25, -0.2) is 0 Å². The van der Waals surface area contributed by atoms with Gasteiger partial charge >= 0.3 is 0 Å². The molecule has 0 bridgehead atoms. The van der Waals surface area contributed by atoms with Crippen LogP contribution in [-0.4, -0.2) is 38.0 Å². The minimum absolute atomic E-state index is 0.181. The van der Waals surface area contributed by atoms with Crippen LogP contribution in [0, 0.1) is 0 Å². The second kappa shape index (κ2) is 4.47. The van der Waals surface area contributed by atoms with Crippen molar-refractivity contribution in [1.82, 2.24) is 14.8 Å². The van der Waals surface area contributed by atoms with Crippen LogP contribution in [0.4, 0.5) is 0 Å². The quantitative estimate of drug-likeness (QED) is 0.748. The zero-order chi connectivity index (χ0) is 8.97. The fourth-order valence-electron chi connectivity index (χ4n) is 1.04. The lowest BCUT2D eigenvalue weighted by atomic mass is 10.2. The minimum Gasteiger partial charge on any atom is -0.395 e. The van der Waals surface area contributed by atoms with E-state index < -0.39 is 0 Å². The van der Waals surface area contributed by atoms with Crippen LogP contribution in [0.3, 0.4) is 0 Å². The number of hydrogen-bond donors (Lipinski definition) is 1. The summed E-state index contributed by atoms with van der Waals surface area (Å²) >= 11 is 1.65. The van der Waals surface area contributed by atoms with E-state index in [1.807, 2.05) is 17.7 Å². The topological polar surface area (TPSA) is 50.9 Å². The fourth-order valence-corrected chi connectivity index (χ4v) is 1.72. The predicted molar refractivity (Wildman–Crippen MR) is 49.1 cm³/mol. The van der Waals surface area contributed by atoms with E-state index in [4.69, 9.17) is 5.11 Å². The first-order valence-corrected chi connectivity index (χ1v) is 5.06. The smallest absolute Gasteiger partial charge is 0.119 e. The van der Waals surface area contributed by atoms with Gasteiger partial charge in [0.1, 0.15) is 12.7 Å². The molecular weight excluding hydrogens is 174 g/mol. The maximum Gasteiger partial charge on any atom is 0.119 e. The van der Waals surface area contributed by atoms with Gasteiger partial charge in [-0.15, -0.1) is 10.2 Å². The van der Waals surface area contributed by atoms with Gasteiger partial charge < -0.3 is 9.67 Å². The molecule has 1 rings (SSSR count). The van der Waals surface area contributed by atoms with Crippen molar-refractivity contribution in [3.05, 3.63) is 12.7 Å². The Kier molecular flexibility index (Phi) is 3.55. The summed E-state index contributed by atoms with van der Waals surface area (Å²) in [4.78, 5) is 0. The zero-order valence-electron chi connectivity index (χ0n) is 7.21. The summed E-state index contributed by atoms with van der Waals surface area (Å²) in [5.41, 5.74) is 0. The van der Waals surface area contributed by atoms with Crippen LogP contribution in [-0.2, 0) is 0 Å². The Morgan fingerprint density at radius 2 is 2.08 bits per heavy atom. The first kappa shape index (κ1) is 9.54. The molecule has 0 aliphatic carbocycles. The van der Waals surface area contributed by atoms with Crippen molar-refractivity contribution in [3.8, 4) is 0 Å². The molecule has 0 amide bonds. The largest absolute Gasteiger partial charge is 0.395 e. The van der Waals surface area contributed by atoms with Crippen LogP contribution in [0.15, 0.2) is 12.7 Å². The van der Waals surface area contributed by atoms with Crippen LogP contribution < -0.4 is 0 Å². The Balaban J connectivity index is 2.63. The molecule has 2 atom stereocenters. The molecule has 12 heavy (non-hydrogen) atoms. The summed E-state index contributed by atoms with van der Waals surface area (Å²) in [7, 11) is 0. The van der Waals surface area contributed by atoms with E-state index >= 15 is 0 Å². The number of aromatic nitrogens is 3. The SMILES string of the molecule is CSC(CO)C(C)n1cnnc1. The summed E-state index contributed by atoms with van der Waals surface area (Å²) in [6, 6.07) is 0.236. The summed E-state index contributed by atoms with van der Waals surface area (Å²) < 4.78 is 1.90. The average Bonchev–Trinajstić information content (AvgIpc) is 2.58. The summed E-state index contributed by atoms with van der Waals surface area (Å²) in [6.45, 7) is 2.22. The van der Waals surface area contributed by atoms with E-state index in [9.17, 15) is 0 Å². The van der Waals surface area contributed by atoms with Gasteiger partial charge in [-0.3, -0.25) is 0 Å². The monoisotopic (exact) mass is 187 g/mol. The van der Waals surface area contributed by atoms with Gasteiger partial charge in [0.2, 0.25) is 0 Å². The summed E-state index contributed by atoms with van der Waals surface area (Å²) in [5.74, 6) is 0. The molecule has 0 saturated carbocycles. The average molecular weight is 187 g/mol. The van der Waals surface area contributed by atoms with Gasteiger partial charge in [0.05, 0.1) is 6.61 Å². The predicted octanol–water partition coefficient (Wildman–Crippen LogP) is 0.563. The van der Waals surface area contributed by atoms with Crippen LogP contribution in [0.5, 0.6) is 0 Å². The number of thioether (sulfide) groups is 1. The van der Waals surface area contributed by atoms with Gasteiger partial charge in [-0.1, -0.05) is 0 Å². The van der Waals surface area contributed by atoms with E-state index in [2.05, 4.69) is 10.2 Å². The highest BCUT2D eigenvalue weighted by atomic mass is 32.2. The first-order chi connectivity index (χ1) is 5.79. The maximum atomic E-state index is 9.02. The van der Waals surface area contributed by atoms with Gasteiger partial charge in [0.15, 0.2) is 0 Å². The standard InChI is InChI=1S/C7H13N3OS/c1-6(7(3-11)12-2)10-4-8-9-5-10/h4-7,11H,3H2,1-2H3. The Hall–Kier alpha value is -0.550. The Bertz CT molecular complexity index is 210.